The number of hydrogen-bond acceptors (Lipinski definition) is 2. The average molecular weight is 319 g/mol. The van der Waals surface area contributed by atoms with Gasteiger partial charge in [0.05, 0.1) is 11.1 Å². The Morgan fingerprint density at radius 1 is 1.13 bits per heavy atom. The molecule has 3 aromatic rings. The molecule has 0 spiro atoms. The quantitative estimate of drug-likeness (QED) is 0.776. The van der Waals surface area contributed by atoms with Gasteiger partial charge in [-0.05, 0) is 23.8 Å². The van der Waals surface area contributed by atoms with Gasteiger partial charge in [0.1, 0.15) is 0 Å². The van der Waals surface area contributed by atoms with Crippen LogP contribution in [-0.2, 0) is 12.7 Å². The van der Waals surface area contributed by atoms with Crippen LogP contribution in [-0.4, -0.2) is 16.1 Å². The van der Waals surface area contributed by atoms with Crippen molar-refractivity contribution in [3.8, 4) is 0 Å². The molecule has 0 bridgehead atoms. The van der Waals surface area contributed by atoms with Crippen molar-refractivity contribution >= 4 is 16.8 Å². The van der Waals surface area contributed by atoms with Crippen LogP contribution >= 0.6 is 0 Å². The predicted octanol–water partition coefficient (Wildman–Crippen LogP) is 3.51. The number of nitrogens with one attached hydrogen (secondary N) is 2. The van der Waals surface area contributed by atoms with Gasteiger partial charge in [-0.25, -0.2) is 0 Å². The molecule has 0 radical (unpaired) electrons. The van der Waals surface area contributed by atoms with Crippen molar-refractivity contribution in [3.63, 3.8) is 0 Å². The molecule has 2 aromatic carbocycles. The minimum Gasteiger partial charge on any atom is -0.347 e. The number of aromatic amines is 1. The Labute approximate surface area is 129 Å². The zero-order valence-corrected chi connectivity index (χ0v) is 11.8. The third-order valence-electron chi connectivity index (χ3n) is 3.39. The molecule has 1 amide bonds. The van der Waals surface area contributed by atoms with Gasteiger partial charge in [0.25, 0.3) is 5.91 Å². The number of halogens is 3. The maximum absolute atomic E-state index is 12.7. The van der Waals surface area contributed by atoms with Gasteiger partial charge in [-0.15, -0.1) is 0 Å². The fourth-order valence-electron chi connectivity index (χ4n) is 2.26. The van der Waals surface area contributed by atoms with E-state index in [1.165, 1.54) is 12.1 Å². The largest absolute Gasteiger partial charge is 0.416 e. The molecule has 1 heterocycles. The number of carbonyl (C=O) groups excluding carboxylic acids is 1. The number of benzene rings is 2. The molecular weight excluding hydrogens is 307 g/mol. The van der Waals surface area contributed by atoms with Crippen LogP contribution in [0.4, 0.5) is 13.2 Å². The number of aromatic nitrogens is 2. The van der Waals surface area contributed by atoms with Crippen LogP contribution in [0.5, 0.6) is 0 Å². The molecular formula is C16H12F3N3O. The van der Waals surface area contributed by atoms with Crippen molar-refractivity contribution in [2.75, 3.05) is 0 Å². The van der Waals surface area contributed by atoms with Gasteiger partial charge in [0.2, 0.25) is 0 Å². The molecule has 2 N–H and O–H groups in total. The first-order valence-electron chi connectivity index (χ1n) is 6.82. The summed E-state index contributed by atoms with van der Waals surface area (Å²) in [6, 6.07) is 12.0. The third-order valence-corrected chi connectivity index (χ3v) is 3.39. The normalized spacial score (nSPS) is 11.6. The number of rotatable bonds is 3. The first-order chi connectivity index (χ1) is 10.9. The Hall–Kier alpha value is -2.83. The van der Waals surface area contributed by atoms with Crippen molar-refractivity contribution in [1.82, 2.24) is 15.5 Å². The Morgan fingerprint density at radius 3 is 2.70 bits per heavy atom. The van der Waals surface area contributed by atoms with E-state index in [2.05, 4.69) is 15.5 Å². The fourth-order valence-corrected chi connectivity index (χ4v) is 2.26. The van der Waals surface area contributed by atoms with Gasteiger partial charge in [0.15, 0.2) is 5.69 Å². The van der Waals surface area contributed by atoms with Crippen LogP contribution < -0.4 is 5.32 Å². The van der Waals surface area contributed by atoms with Crippen molar-refractivity contribution < 1.29 is 18.0 Å². The number of fused-ring (bicyclic) bond motifs is 1. The number of nitrogens with zero attached hydrogens (tertiary/aromatic N) is 1. The van der Waals surface area contributed by atoms with E-state index in [1.54, 1.807) is 18.2 Å². The summed E-state index contributed by atoms with van der Waals surface area (Å²) >= 11 is 0. The lowest BCUT2D eigenvalue weighted by Crippen LogP contribution is -2.23. The van der Waals surface area contributed by atoms with Gasteiger partial charge >= 0.3 is 6.18 Å². The molecule has 0 aliphatic heterocycles. The lowest BCUT2D eigenvalue weighted by Gasteiger charge is -2.09. The maximum Gasteiger partial charge on any atom is 0.416 e. The maximum atomic E-state index is 12.7. The summed E-state index contributed by atoms with van der Waals surface area (Å²) in [4.78, 5) is 12.2. The van der Waals surface area contributed by atoms with E-state index < -0.39 is 17.6 Å². The monoisotopic (exact) mass is 319 g/mol. The number of carbonyl (C=O) groups is 1. The van der Waals surface area contributed by atoms with E-state index >= 15 is 0 Å². The van der Waals surface area contributed by atoms with Crippen LogP contribution in [0.1, 0.15) is 21.6 Å². The SMILES string of the molecule is O=C(NCc1cccc(C(F)(F)F)c1)c1n[nH]c2ccccc12. The molecule has 0 aliphatic carbocycles. The molecule has 23 heavy (non-hydrogen) atoms. The van der Waals surface area contributed by atoms with Crippen LogP contribution in [0.3, 0.4) is 0 Å². The van der Waals surface area contributed by atoms with E-state index in [4.69, 9.17) is 0 Å². The molecule has 4 nitrogen and oxygen atoms in total. The highest BCUT2D eigenvalue weighted by atomic mass is 19.4. The summed E-state index contributed by atoms with van der Waals surface area (Å²) in [5.74, 6) is -0.445. The van der Waals surface area contributed by atoms with Crippen molar-refractivity contribution in [3.05, 3.63) is 65.4 Å². The van der Waals surface area contributed by atoms with Crippen molar-refractivity contribution in [2.45, 2.75) is 12.7 Å². The number of alkyl halides is 3. The first kappa shape index (κ1) is 15.1. The van der Waals surface area contributed by atoms with Crippen LogP contribution in [0.25, 0.3) is 10.9 Å². The molecule has 0 saturated heterocycles. The lowest BCUT2D eigenvalue weighted by atomic mass is 10.1. The van der Waals surface area contributed by atoms with Gasteiger partial charge in [-0.1, -0.05) is 30.3 Å². The third kappa shape index (κ3) is 3.18. The molecule has 0 unspecified atom stereocenters. The molecule has 3 rings (SSSR count). The Morgan fingerprint density at radius 2 is 1.91 bits per heavy atom. The molecule has 0 aliphatic rings. The summed E-state index contributed by atoms with van der Waals surface area (Å²) in [5.41, 5.74) is 0.562. The second kappa shape index (κ2) is 5.75. The van der Waals surface area contributed by atoms with Crippen molar-refractivity contribution in [1.29, 1.82) is 0 Å². The Balaban J connectivity index is 1.75. The zero-order valence-electron chi connectivity index (χ0n) is 11.8. The number of hydrogen-bond donors (Lipinski definition) is 2. The Bertz CT molecular complexity index is 855. The lowest BCUT2D eigenvalue weighted by molar-refractivity contribution is -0.137. The second-order valence-electron chi connectivity index (χ2n) is 5.00. The smallest absolute Gasteiger partial charge is 0.347 e. The predicted molar refractivity (Wildman–Crippen MR) is 78.7 cm³/mol. The fraction of sp³-hybridized carbons (Fsp3) is 0.125. The van der Waals surface area contributed by atoms with E-state index in [0.29, 0.717) is 10.9 Å². The van der Waals surface area contributed by atoms with Gasteiger partial charge in [0, 0.05) is 11.9 Å². The topological polar surface area (TPSA) is 57.8 Å². The summed E-state index contributed by atoms with van der Waals surface area (Å²) in [6.45, 7) is -0.00998. The van der Waals surface area contributed by atoms with Gasteiger partial charge in [-0.3, -0.25) is 9.89 Å². The summed E-state index contributed by atoms with van der Waals surface area (Å²) in [5, 5.41) is 9.93. The number of amides is 1. The zero-order chi connectivity index (χ0) is 16.4. The number of H-pyrrole nitrogens is 1. The van der Waals surface area contributed by atoms with Gasteiger partial charge in [-0.2, -0.15) is 18.3 Å². The molecule has 0 atom stereocenters. The highest BCUT2D eigenvalue weighted by molar-refractivity contribution is 6.04. The van der Waals surface area contributed by atoms with Crippen LogP contribution in [0.2, 0.25) is 0 Å². The molecule has 0 fully saturated rings. The second-order valence-corrected chi connectivity index (χ2v) is 5.00. The molecule has 0 saturated carbocycles. The molecule has 118 valence electrons. The number of para-hydroxylation sites is 1. The van der Waals surface area contributed by atoms with E-state index in [-0.39, 0.29) is 12.2 Å². The Kier molecular flexibility index (Phi) is 3.77. The summed E-state index contributed by atoms with van der Waals surface area (Å²) in [6.07, 6.45) is -4.40. The highest BCUT2D eigenvalue weighted by Crippen LogP contribution is 2.29. The summed E-state index contributed by atoms with van der Waals surface area (Å²) in [7, 11) is 0. The standard InChI is InChI=1S/C16H12F3N3O/c17-16(18,19)11-5-3-4-10(8-11)9-20-15(23)14-12-6-1-2-7-13(12)21-22-14/h1-8H,9H2,(H,20,23)(H,21,22). The van der Waals surface area contributed by atoms with Crippen molar-refractivity contribution in [2.24, 2.45) is 0 Å². The minimum absolute atomic E-state index is 0.00998. The van der Waals surface area contributed by atoms with E-state index in [9.17, 15) is 18.0 Å². The first-order valence-corrected chi connectivity index (χ1v) is 6.82. The highest BCUT2D eigenvalue weighted by Gasteiger charge is 2.30. The minimum atomic E-state index is -4.40. The van der Waals surface area contributed by atoms with Crippen LogP contribution in [0, 0.1) is 0 Å². The van der Waals surface area contributed by atoms with E-state index in [1.807, 2.05) is 6.07 Å². The summed E-state index contributed by atoms with van der Waals surface area (Å²) < 4.78 is 38.0. The van der Waals surface area contributed by atoms with Crippen LogP contribution in [0.15, 0.2) is 48.5 Å². The van der Waals surface area contributed by atoms with Gasteiger partial charge < -0.3 is 5.32 Å². The van der Waals surface area contributed by atoms with E-state index in [0.717, 1.165) is 17.6 Å². The molecule has 7 heteroatoms. The average Bonchev–Trinajstić information content (AvgIpc) is 2.96. The molecule has 1 aromatic heterocycles.